The molecule has 0 heterocycles. The maximum Gasteiger partial charge on any atom is 0.126 e. The highest BCUT2D eigenvalue weighted by molar-refractivity contribution is 5.85. The van der Waals surface area contributed by atoms with Gasteiger partial charge in [-0.1, -0.05) is 12.1 Å². The van der Waals surface area contributed by atoms with Gasteiger partial charge in [-0.3, -0.25) is 0 Å². The summed E-state index contributed by atoms with van der Waals surface area (Å²) in [5, 5.41) is 0. The lowest BCUT2D eigenvalue weighted by molar-refractivity contribution is 0.607. The molecule has 0 unspecified atom stereocenters. The molecule has 2 nitrogen and oxygen atoms in total. The van der Waals surface area contributed by atoms with E-state index in [1.165, 1.54) is 6.07 Å². The summed E-state index contributed by atoms with van der Waals surface area (Å²) in [7, 11) is 0. The molecule has 0 saturated carbocycles. The summed E-state index contributed by atoms with van der Waals surface area (Å²) in [4.78, 5) is 0. The van der Waals surface area contributed by atoms with Gasteiger partial charge in [0.2, 0.25) is 0 Å². The summed E-state index contributed by atoms with van der Waals surface area (Å²) in [6.07, 6.45) is 1.31. The van der Waals surface area contributed by atoms with Crippen molar-refractivity contribution >= 4 is 24.8 Å². The molecule has 0 amide bonds. The molecule has 0 spiro atoms. The molecular formula is C10H17Cl2FN2. The van der Waals surface area contributed by atoms with Gasteiger partial charge in [0.05, 0.1) is 0 Å². The van der Waals surface area contributed by atoms with Gasteiger partial charge in [0.25, 0.3) is 0 Å². The highest BCUT2D eigenvalue weighted by Crippen LogP contribution is 2.10. The third kappa shape index (κ3) is 5.33. The van der Waals surface area contributed by atoms with Crippen LogP contribution in [-0.2, 0) is 12.8 Å². The normalized spacial score (nSPS) is 9.00. The van der Waals surface area contributed by atoms with Gasteiger partial charge in [0, 0.05) is 0 Å². The fourth-order valence-corrected chi connectivity index (χ4v) is 1.27. The van der Waals surface area contributed by atoms with Crippen molar-refractivity contribution < 1.29 is 4.39 Å². The number of benzene rings is 1. The van der Waals surface area contributed by atoms with Crippen molar-refractivity contribution in [3.8, 4) is 0 Å². The Hall–Kier alpha value is -0.350. The SMILES string of the molecule is Cl.Cl.NCCc1ccc(CCN)c(F)c1. The molecule has 0 fully saturated rings. The van der Waals surface area contributed by atoms with Gasteiger partial charge in [0.1, 0.15) is 5.82 Å². The summed E-state index contributed by atoms with van der Waals surface area (Å²) < 4.78 is 13.3. The molecule has 1 rings (SSSR count). The zero-order valence-corrected chi connectivity index (χ0v) is 10.0. The molecule has 0 aliphatic heterocycles. The van der Waals surface area contributed by atoms with Crippen LogP contribution in [0.4, 0.5) is 4.39 Å². The minimum Gasteiger partial charge on any atom is -0.330 e. The predicted molar refractivity (Wildman–Crippen MR) is 66.4 cm³/mol. The van der Waals surface area contributed by atoms with Crippen molar-refractivity contribution in [2.45, 2.75) is 12.8 Å². The molecule has 0 radical (unpaired) electrons. The average molecular weight is 255 g/mol. The molecule has 0 aliphatic carbocycles. The number of hydrogen-bond acceptors (Lipinski definition) is 2. The second-order valence-electron chi connectivity index (χ2n) is 3.00. The van der Waals surface area contributed by atoms with Crippen LogP contribution in [0.25, 0.3) is 0 Å². The highest BCUT2D eigenvalue weighted by atomic mass is 35.5. The van der Waals surface area contributed by atoms with Crippen LogP contribution in [0, 0.1) is 5.82 Å². The third-order valence-electron chi connectivity index (χ3n) is 1.96. The molecule has 0 aromatic heterocycles. The van der Waals surface area contributed by atoms with Crippen LogP contribution in [0.5, 0.6) is 0 Å². The van der Waals surface area contributed by atoms with Gasteiger partial charge in [0.15, 0.2) is 0 Å². The van der Waals surface area contributed by atoms with E-state index in [4.69, 9.17) is 11.5 Å². The lowest BCUT2D eigenvalue weighted by Crippen LogP contribution is -2.06. The summed E-state index contributed by atoms with van der Waals surface area (Å²) in [5.74, 6) is -0.170. The molecule has 1 aromatic rings. The van der Waals surface area contributed by atoms with Crippen LogP contribution >= 0.6 is 24.8 Å². The number of halogens is 3. The van der Waals surface area contributed by atoms with Gasteiger partial charge in [-0.25, -0.2) is 4.39 Å². The Morgan fingerprint density at radius 2 is 1.60 bits per heavy atom. The maximum atomic E-state index is 13.3. The second-order valence-corrected chi connectivity index (χ2v) is 3.00. The Balaban J connectivity index is 0. The van der Waals surface area contributed by atoms with Gasteiger partial charge in [-0.2, -0.15) is 0 Å². The lowest BCUT2D eigenvalue weighted by Gasteiger charge is -2.03. The van der Waals surface area contributed by atoms with Gasteiger partial charge < -0.3 is 11.5 Å². The lowest BCUT2D eigenvalue weighted by atomic mass is 10.1. The minimum atomic E-state index is -0.170. The predicted octanol–water partition coefficient (Wildman–Crippen LogP) is 1.67. The second kappa shape index (κ2) is 8.92. The van der Waals surface area contributed by atoms with E-state index in [1.807, 2.05) is 6.07 Å². The van der Waals surface area contributed by atoms with Gasteiger partial charge in [-0.05, 0) is 43.1 Å². The molecule has 1 aromatic carbocycles. The molecule has 88 valence electrons. The van der Waals surface area contributed by atoms with Crippen LogP contribution < -0.4 is 11.5 Å². The van der Waals surface area contributed by atoms with Crippen molar-refractivity contribution in [3.63, 3.8) is 0 Å². The standard InChI is InChI=1S/C10H15FN2.2ClH/c11-10-7-8(3-5-12)1-2-9(10)4-6-13;;/h1-2,7H,3-6,12-13H2;2*1H. The van der Waals surface area contributed by atoms with E-state index in [2.05, 4.69) is 0 Å². The van der Waals surface area contributed by atoms with Crippen molar-refractivity contribution in [1.29, 1.82) is 0 Å². The van der Waals surface area contributed by atoms with E-state index in [1.54, 1.807) is 6.07 Å². The summed E-state index contributed by atoms with van der Waals surface area (Å²) >= 11 is 0. The molecule has 0 saturated heterocycles. The first kappa shape index (κ1) is 17.1. The van der Waals surface area contributed by atoms with E-state index in [-0.39, 0.29) is 30.6 Å². The van der Waals surface area contributed by atoms with E-state index in [0.717, 1.165) is 12.0 Å². The Morgan fingerprint density at radius 3 is 2.07 bits per heavy atom. The van der Waals surface area contributed by atoms with Gasteiger partial charge >= 0.3 is 0 Å². The number of rotatable bonds is 4. The topological polar surface area (TPSA) is 52.0 Å². The monoisotopic (exact) mass is 254 g/mol. The van der Waals surface area contributed by atoms with E-state index in [0.29, 0.717) is 25.1 Å². The molecule has 0 aliphatic rings. The fourth-order valence-electron chi connectivity index (χ4n) is 1.27. The van der Waals surface area contributed by atoms with Crippen LogP contribution in [0.15, 0.2) is 18.2 Å². The summed E-state index contributed by atoms with van der Waals surface area (Å²) in [5.41, 5.74) is 12.3. The largest absolute Gasteiger partial charge is 0.330 e. The van der Waals surface area contributed by atoms with E-state index in [9.17, 15) is 4.39 Å². The molecule has 0 bridgehead atoms. The minimum absolute atomic E-state index is 0. The van der Waals surface area contributed by atoms with Gasteiger partial charge in [-0.15, -0.1) is 24.8 Å². The molecule has 15 heavy (non-hydrogen) atoms. The smallest absolute Gasteiger partial charge is 0.126 e. The van der Waals surface area contributed by atoms with Crippen molar-refractivity contribution in [3.05, 3.63) is 35.1 Å². The first-order valence-corrected chi connectivity index (χ1v) is 4.45. The van der Waals surface area contributed by atoms with E-state index < -0.39 is 0 Å². The van der Waals surface area contributed by atoms with E-state index >= 15 is 0 Å². The molecule has 5 heteroatoms. The summed E-state index contributed by atoms with van der Waals surface area (Å²) in [6.45, 7) is 1.03. The first-order chi connectivity index (χ1) is 6.27. The Morgan fingerprint density at radius 1 is 1.00 bits per heavy atom. The highest BCUT2D eigenvalue weighted by Gasteiger charge is 2.01. The number of hydrogen-bond donors (Lipinski definition) is 2. The molecule has 0 atom stereocenters. The van der Waals surface area contributed by atoms with Crippen molar-refractivity contribution in [1.82, 2.24) is 0 Å². The van der Waals surface area contributed by atoms with Crippen LogP contribution in [0.2, 0.25) is 0 Å². The Labute approximate surface area is 102 Å². The van der Waals surface area contributed by atoms with Crippen molar-refractivity contribution in [2.24, 2.45) is 11.5 Å². The number of nitrogens with two attached hydrogens (primary N) is 2. The Kier molecular flexibility index (Phi) is 10.1. The van der Waals surface area contributed by atoms with Crippen molar-refractivity contribution in [2.75, 3.05) is 13.1 Å². The fraction of sp³-hybridized carbons (Fsp3) is 0.400. The van der Waals surface area contributed by atoms with Crippen LogP contribution in [0.1, 0.15) is 11.1 Å². The maximum absolute atomic E-state index is 13.3. The zero-order chi connectivity index (χ0) is 9.68. The zero-order valence-electron chi connectivity index (χ0n) is 8.41. The quantitative estimate of drug-likeness (QED) is 0.859. The average Bonchev–Trinajstić information content (AvgIpc) is 2.10. The van der Waals surface area contributed by atoms with Crippen LogP contribution in [0.3, 0.4) is 0 Å². The third-order valence-corrected chi connectivity index (χ3v) is 1.96. The first-order valence-electron chi connectivity index (χ1n) is 4.45. The molecular weight excluding hydrogens is 238 g/mol. The molecule has 4 N–H and O–H groups in total. The van der Waals surface area contributed by atoms with Crippen LogP contribution in [-0.4, -0.2) is 13.1 Å². The summed E-state index contributed by atoms with van der Waals surface area (Å²) in [6, 6.07) is 5.23. The Bertz CT molecular complexity index is 282.